The molecule has 98 valence electrons. The summed E-state index contributed by atoms with van der Waals surface area (Å²) in [7, 11) is -2.58. The predicted octanol–water partition coefficient (Wildman–Crippen LogP) is 0.375. The Labute approximate surface area is 105 Å². The van der Waals surface area contributed by atoms with Crippen LogP contribution in [0.5, 0.6) is 0 Å². The third kappa shape index (κ3) is 4.97. The molecule has 0 aromatic heterocycles. The molecule has 1 aliphatic heterocycles. The van der Waals surface area contributed by atoms with Gasteiger partial charge in [-0.1, -0.05) is 0 Å². The molecule has 17 heavy (non-hydrogen) atoms. The Hall–Kier alpha value is -0.730. The van der Waals surface area contributed by atoms with Gasteiger partial charge in [-0.05, 0) is 12.8 Å². The number of carbonyl (C=O) groups is 1. The number of hydrogen-bond acceptors (Lipinski definition) is 6. The van der Waals surface area contributed by atoms with Gasteiger partial charge in [0, 0.05) is 12.3 Å². The van der Waals surface area contributed by atoms with E-state index in [9.17, 15) is 13.2 Å². The molecule has 0 amide bonds. The van der Waals surface area contributed by atoms with Crippen molar-refractivity contribution in [2.45, 2.75) is 12.8 Å². The number of esters is 1. The zero-order valence-corrected chi connectivity index (χ0v) is 11.1. The van der Waals surface area contributed by atoms with Crippen LogP contribution in [0.25, 0.3) is 0 Å². The van der Waals surface area contributed by atoms with E-state index in [0.717, 1.165) is 10.8 Å². The average molecular weight is 281 g/mol. The van der Waals surface area contributed by atoms with Gasteiger partial charge in [-0.15, -0.1) is 11.8 Å². The zero-order chi connectivity index (χ0) is 12.9. The van der Waals surface area contributed by atoms with Crippen LogP contribution in [0.3, 0.4) is 0 Å². The molecule has 0 saturated heterocycles. The van der Waals surface area contributed by atoms with Gasteiger partial charge in [0.05, 0.1) is 23.5 Å². The van der Waals surface area contributed by atoms with Crippen molar-refractivity contribution in [2.24, 2.45) is 0 Å². The van der Waals surface area contributed by atoms with Crippen LogP contribution in [0.1, 0.15) is 12.8 Å². The molecule has 1 heterocycles. The van der Waals surface area contributed by atoms with Crippen molar-refractivity contribution in [1.29, 1.82) is 0 Å². The van der Waals surface area contributed by atoms with E-state index in [1.165, 1.54) is 18.9 Å². The van der Waals surface area contributed by atoms with Gasteiger partial charge in [0.2, 0.25) is 0 Å². The Morgan fingerprint density at radius 3 is 2.88 bits per heavy atom. The van der Waals surface area contributed by atoms with Gasteiger partial charge in [0.1, 0.15) is 0 Å². The SMILES string of the molecule is COC(=O)C1=C(NCCCS(=O)(=O)O)SCC1. The minimum atomic E-state index is -3.91. The van der Waals surface area contributed by atoms with Crippen molar-refractivity contribution >= 4 is 27.8 Å². The zero-order valence-electron chi connectivity index (χ0n) is 9.43. The lowest BCUT2D eigenvalue weighted by atomic mass is 10.2. The molecule has 0 aromatic carbocycles. The van der Waals surface area contributed by atoms with E-state index in [4.69, 9.17) is 4.55 Å². The molecule has 1 rings (SSSR count). The third-order valence-corrected chi connectivity index (χ3v) is 4.06. The monoisotopic (exact) mass is 281 g/mol. The fourth-order valence-electron chi connectivity index (χ4n) is 1.39. The van der Waals surface area contributed by atoms with E-state index in [2.05, 4.69) is 10.1 Å². The van der Waals surface area contributed by atoms with E-state index in [-0.39, 0.29) is 18.1 Å². The highest BCUT2D eigenvalue weighted by molar-refractivity contribution is 8.03. The summed E-state index contributed by atoms with van der Waals surface area (Å²) in [6.45, 7) is 0.391. The van der Waals surface area contributed by atoms with Crippen LogP contribution in [0.4, 0.5) is 0 Å². The van der Waals surface area contributed by atoms with E-state index in [1.54, 1.807) is 0 Å². The molecule has 0 unspecified atom stereocenters. The van der Waals surface area contributed by atoms with E-state index < -0.39 is 10.1 Å². The highest BCUT2D eigenvalue weighted by Crippen LogP contribution is 2.29. The molecule has 1 aliphatic rings. The summed E-state index contributed by atoms with van der Waals surface area (Å²) in [6, 6.07) is 0. The standard InChI is InChI=1S/C9H15NO5S2/c1-15-9(11)7-3-5-16-8(7)10-4-2-6-17(12,13)14/h10H,2-6H2,1H3,(H,12,13,14). The summed E-state index contributed by atoms with van der Waals surface area (Å²) in [5, 5.41) is 3.73. The molecule has 0 atom stereocenters. The Balaban J connectivity index is 2.42. The smallest absolute Gasteiger partial charge is 0.336 e. The summed E-state index contributed by atoms with van der Waals surface area (Å²) >= 11 is 1.51. The fourth-order valence-corrected chi connectivity index (χ4v) is 2.97. The Bertz CT molecular complexity index is 415. The summed E-state index contributed by atoms with van der Waals surface area (Å²) in [4.78, 5) is 11.3. The van der Waals surface area contributed by atoms with Crippen molar-refractivity contribution < 1.29 is 22.5 Å². The Morgan fingerprint density at radius 1 is 1.59 bits per heavy atom. The maximum atomic E-state index is 11.3. The topological polar surface area (TPSA) is 92.7 Å². The fraction of sp³-hybridized carbons (Fsp3) is 0.667. The molecule has 6 nitrogen and oxygen atoms in total. The normalized spacial score (nSPS) is 16.1. The van der Waals surface area contributed by atoms with Crippen molar-refractivity contribution in [3.63, 3.8) is 0 Å². The molecule has 0 aliphatic carbocycles. The number of thioether (sulfide) groups is 1. The van der Waals surface area contributed by atoms with Crippen LogP contribution in [0.15, 0.2) is 10.6 Å². The number of ether oxygens (including phenoxy) is 1. The van der Waals surface area contributed by atoms with Crippen molar-refractivity contribution in [3.8, 4) is 0 Å². The number of methoxy groups -OCH3 is 1. The maximum Gasteiger partial charge on any atom is 0.336 e. The van der Waals surface area contributed by atoms with Crippen LogP contribution in [0, 0.1) is 0 Å². The molecule has 0 bridgehead atoms. The largest absolute Gasteiger partial charge is 0.466 e. The Morgan fingerprint density at radius 2 is 2.29 bits per heavy atom. The average Bonchev–Trinajstić information content (AvgIpc) is 2.70. The molecular formula is C9H15NO5S2. The molecule has 0 fully saturated rings. The van der Waals surface area contributed by atoms with E-state index >= 15 is 0 Å². The van der Waals surface area contributed by atoms with Gasteiger partial charge in [-0.3, -0.25) is 4.55 Å². The predicted molar refractivity (Wildman–Crippen MR) is 65.2 cm³/mol. The minimum Gasteiger partial charge on any atom is -0.466 e. The first-order valence-corrected chi connectivity index (χ1v) is 7.67. The summed E-state index contributed by atoms with van der Waals surface area (Å²) in [6.07, 6.45) is 0.940. The highest BCUT2D eigenvalue weighted by atomic mass is 32.2. The quantitative estimate of drug-likeness (QED) is 0.413. The van der Waals surface area contributed by atoms with Gasteiger partial charge in [0.15, 0.2) is 0 Å². The summed E-state index contributed by atoms with van der Waals surface area (Å²) < 4.78 is 34.1. The van der Waals surface area contributed by atoms with E-state index in [1.807, 2.05) is 0 Å². The van der Waals surface area contributed by atoms with Gasteiger partial charge in [-0.2, -0.15) is 8.42 Å². The molecule has 0 aromatic rings. The summed E-state index contributed by atoms with van der Waals surface area (Å²) in [5.74, 6) is 0.170. The molecule has 0 spiro atoms. The van der Waals surface area contributed by atoms with Gasteiger partial charge >= 0.3 is 5.97 Å². The number of rotatable bonds is 6. The number of carbonyl (C=O) groups excluding carboxylic acids is 1. The van der Waals surface area contributed by atoms with Crippen LogP contribution < -0.4 is 5.32 Å². The second-order valence-corrected chi connectivity index (χ2v) is 6.14. The van der Waals surface area contributed by atoms with Crippen molar-refractivity contribution in [1.82, 2.24) is 5.32 Å². The Kier molecular flexibility index (Phi) is 5.29. The number of hydrogen-bond donors (Lipinski definition) is 2. The van der Waals surface area contributed by atoms with Crippen molar-refractivity contribution in [3.05, 3.63) is 10.6 Å². The lowest BCUT2D eigenvalue weighted by Crippen LogP contribution is -2.18. The number of nitrogens with one attached hydrogen (secondary N) is 1. The first kappa shape index (κ1) is 14.3. The first-order chi connectivity index (χ1) is 7.94. The molecule has 0 saturated carbocycles. The second-order valence-electron chi connectivity index (χ2n) is 3.46. The van der Waals surface area contributed by atoms with Gasteiger partial charge in [-0.25, -0.2) is 4.79 Å². The highest BCUT2D eigenvalue weighted by Gasteiger charge is 2.21. The van der Waals surface area contributed by atoms with Gasteiger partial charge in [0.25, 0.3) is 10.1 Å². The summed E-state index contributed by atoms with van der Waals surface area (Å²) in [5.41, 5.74) is 0.601. The first-order valence-electron chi connectivity index (χ1n) is 5.07. The lowest BCUT2D eigenvalue weighted by Gasteiger charge is -2.07. The second kappa shape index (κ2) is 6.27. The minimum absolute atomic E-state index is 0.286. The third-order valence-electron chi connectivity index (χ3n) is 2.17. The van der Waals surface area contributed by atoms with Crippen molar-refractivity contribution in [2.75, 3.05) is 25.2 Å². The van der Waals surface area contributed by atoms with Crippen LogP contribution in [-0.2, 0) is 19.6 Å². The molecular weight excluding hydrogens is 266 g/mol. The van der Waals surface area contributed by atoms with E-state index in [0.29, 0.717) is 18.5 Å². The maximum absolute atomic E-state index is 11.3. The molecule has 0 radical (unpaired) electrons. The lowest BCUT2D eigenvalue weighted by molar-refractivity contribution is -0.136. The van der Waals surface area contributed by atoms with Crippen LogP contribution in [-0.4, -0.2) is 44.1 Å². The molecule has 8 heteroatoms. The van der Waals surface area contributed by atoms with Crippen LogP contribution in [0.2, 0.25) is 0 Å². The van der Waals surface area contributed by atoms with Gasteiger partial charge < -0.3 is 10.1 Å². The molecule has 2 N–H and O–H groups in total. The van der Waals surface area contributed by atoms with Crippen LogP contribution >= 0.6 is 11.8 Å².